The Balaban J connectivity index is 3.63. The maximum atomic E-state index is 3.11. The van der Waals surface area contributed by atoms with Crippen molar-refractivity contribution in [2.75, 3.05) is 13.1 Å². The smallest absolute Gasteiger partial charge is 0.184 e. The van der Waals surface area contributed by atoms with Crippen LogP contribution >= 0.6 is 0 Å². The maximum absolute atomic E-state index is 3.11. The Morgan fingerprint density at radius 1 is 1.40 bits per heavy atom. The van der Waals surface area contributed by atoms with Gasteiger partial charge in [0.05, 0.1) is 6.20 Å². The van der Waals surface area contributed by atoms with Crippen molar-refractivity contribution in [3.8, 4) is 0 Å². The van der Waals surface area contributed by atoms with Crippen molar-refractivity contribution in [1.82, 2.24) is 5.32 Å². The summed E-state index contributed by atoms with van der Waals surface area (Å²) in [4.78, 5) is 0. The van der Waals surface area contributed by atoms with Gasteiger partial charge in [-0.2, -0.15) is 0 Å². The molecule has 2 nitrogen and oxygen atoms in total. The molecule has 0 saturated carbocycles. The minimum Gasteiger partial charge on any atom is -0.386 e. The van der Waals surface area contributed by atoms with Gasteiger partial charge in [-0.3, -0.25) is 0 Å². The van der Waals surface area contributed by atoms with E-state index >= 15 is 0 Å². The van der Waals surface area contributed by atoms with E-state index in [9.17, 15) is 0 Å². The van der Waals surface area contributed by atoms with Gasteiger partial charge in [0.15, 0.2) is 6.20 Å². The van der Waals surface area contributed by atoms with E-state index in [-0.39, 0.29) is 0 Å². The van der Waals surface area contributed by atoms with Crippen molar-refractivity contribution < 1.29 is 4.58 Å². The van der Waals surface area contributed by atoms with Crippen LogP contribution in [0, 0.1) is 0 Å². The molecule has 0 bridgehead atoms. The Morgan fingerprint density at radius 2 is 2.10 bits per heavy atom. The van der Waals surface area contributed by atoms with Crippen molar-refractivity contribution in [3.63, 3.8) is 0 Å². The fourth-order valence-electron chi connectivity index (χ4n) is 0.640. The first-order valence-corrected chi connectivity index (χ1v) is 3.80. The molecular formula is C8H17N2+. The second-order valence-electron chi connectivity index (χ2n) is 1.96. The van der Waals surface area contributed by atoms with Crippen molar-refractivity contribution in [2.24, 2.45) is 0 Å². The predicted octanol–water partition coefficient (Wildman–Crippen LogP) is 1.19. The molecule has 0 heterocycles. The second kappa shape index (κ2) is 6.33. The summed E-state index contributed by atoms with van der Waals surface area (Å²) in [6, 6.07) is 0. The van der Waals surface area contributed by atoms with Crippen LogP contribution in [0.4, 0.5) is 0 Å². The van der Waals surface area contributed by atoms with Gasteiger partial charge in [0, 0.05) is 13.5 Å². The van der Waals surface area contributed by atoms with Gasteiger partial charge in [0.1, 0.15) is 12.8 Å². The standard InChI is InChI=1S/C8H17N2/c1-4-9-7-8-10(5-2)6-3/h5,7-9H,4,6H2,1-3H3/q+1/b8-7-,10-5-. The van der Waals surface area contributed by atoms with Gasteiger partial charge in [0.25, 0.3) is 0 Å². The summed E-state index contributed by atoms with van der Waals surface area (Å²) < 4.78 is 2.11. The van der Waals surface area contributed by atoms with E-state index in [1.807, 2.05) is 25.5 Å². The van der Waals surface area contributed by atoms with Crippen molar-refractivity contribution >= 4 is 6.21 Å². The lowest BCUT2D eigenvalue weighted by atomic mass is 10.6. The van der Waals surface area contributed by atoms with Crippen molar-refractivity contribution in [2.45, 2.75) is 20.8 Å². The Kier molecular flexibility index (Phi) is 5.83. The Morgan fingerprint density at radius 3 is 2.50 bits per heavy atom. The largest absolute Gasteiger partial charge is 0.386 e. The highest BCUT2D eigenvalue weighted by Crippen LogP contribution is 1.74. The minimum atomic E-state index is 0.984. The summed E-state index contributed by atoms with van der Waals surface area (Å²) in [7, 11) is 0. The van der Waals surface area contributed by atoms with Crippen molar-refractivity contribution in [3.05, 3.63) is 12.4 Å². The zero-order chi connectivity index (χ0) is 7.82. The predicted molar refractivity (Wildman–Crippen MR) is 45.4 cm³/mol. The van der Waals surface area contributed by atoms with E-state index in [0.717, 1.165) is 13.1 Å². The van der Waals surface area contributed by atoms with Crippen molar-refractivity contribution in [1.29, 1.82) is 0 Å². The number of hydrogen-bond donors (Lipinski definition) is 1. The first-order chi connectivity index (χ1) is 4.85. The maximum Gasteiger partial charge on any atom is 0.184 e. The first kappa shape index (κ1) is 9.21. The molecule has 0 unspecified atom stereocenters. The molecule has 0 saturated heterocycles. The highest BCUT2D eigenvalue weighted by molar-refractivity contribution is 5.47. The zero-order valence-corrected chi connectivity index (χ0v) is 7.09. The topological polar surface area (TPSA) is 15.0 Å². The van der Waals surface area contributed by atoms with E-state index in [2.05, 4.69) is 23.7 Å². The molecule has 2 heteroatoms. The van der Waals surface area contributed by atoms with E-state index in [4.69, 9.17) is 0 Å². The molecule has 0 atom stereocenters. The van der Waals surface area contributed by atoms with Gasteiger partial charge in [-0.15, -0.1) is 0 Å². The van der Waals surface area contributed by atoms with Gasteiger partial charge in [0.2, 0.25) is 0 Å². The quantitative estimate of drug-likeness (QED) is 0.459. The van der Waals surface area contributed by atoms with Crippen LogP contribution in [-0.4, -0.2) is 23.9 Å². The van der Waals surface area contributed by atoms with Gasteiger partial charge in [-0.05, 0) is 13.8 Å². The van der Waals surface area contributed by atoms with E-state index in [1.54, 1.807) is 0 Å². The van der Waals surface area contributed by atoms with Crippen LogP contribution in [0.25, 0.3) is 0 Å². The Bertz CT molecular complexity index is 125. The SMILES string of the molecule is C/C=[N+](\C=C/NCC)CC. The molecule has 1 N–H and O–H groups in total. The van der Waals surface area contributed by atoms with Crippen LogP contribution in [-0.2, 0) is 0 Å². The first-order valence-electron chi connectivity index (χ1n) is 3.80. The third kappa shape index (κ3) is 4.13. The third-order valence-electron chi connectivity index (χ3n) is 1.28. The number of hydrogen-bond acceptors (Lipinski definition) is 1. The summed E-state index contributed by atoms with van der Waals surface area (Å²) in [5.41, 5.74) is 0. The second-order valence-corrected chi connectivity index (χ2v) is 1.96. The number of nitrogens with zero attached hydrogens (tertiary/aromatic N) is 1. The summed E-state index contributed by atoms with van der Waals surface area (Å²) in [6.07, 6.45) is 6.04. The fourth-order valence-corrected chi connectivity index (χ4v) is 0.640. The molecule has 0 fully saturated rings. The molecule has 0 aromatic rings. The van der Waals surface area contributed by atoms with Crippen LogP contribution < -0.4 is 5.32 Å². The lowest BCUT2D eigenvalue weighted by Gasteiger charge is -1.91. The lowest BCUT2D eigenvalue weighted by Crippen LogP contribution is -2.07. The lowest BCUT2D eigenvalue weighted by molar-refractivity contribution is -0.448. The summed E-state index contributed by atoms with van der Waals surface area (Å²) in [5, 5.41) is 3.11. The molecule has 10 heavy (non-hydrogen) atoms. The number of rotatable bonds is 4. The molecule has 0 radical (unpaired) electrons. The summed E-state index contributed by atoms with van der Waals surface area (Å²) >= 11 is 0. The minimum absolute atomic E-state index is 0.984. The zero-order valence-electron chi connectivity index (χ0n) is 7.09. The van der Waals surface area contributed by atoms with Crippen LogP contribution in [0.5, 0.6) is 0 Å². The Labute approximate surface area is 63.3 Å². The highest BCUT2D eigenvalue weighted by atomic mass is 15.0. The van der Waals surface area contributed by atoms with E-state index in [0.29, 0.717) is 0 Å². The fraction of sp³-hybridized carbons (Fsp3) is 0.625. The van der Waals surface area contributed by atoms with Crippen LogP contribution in [0.3, 0.4) is 0 Å². The normalized spacial score (nSPS) is 12.5. The third-order valence-corrected chi connectivity index (χ3v) is 1.28. The van der Waals surface area contributed by atoms with Gasteiger partial charge in [-0.1, -0.05) is 0 Å². The average Bonchev–Trinajstić information content (AvgIpc) is 1.99. The van der Waals surface area contributed by atoms with Gasteiger partial charge < -0.3 is 5.32 Å². The monoisotopic (exact) mass is 141 g/mol. The Hall–Kier alpha value is -0.790. The highest BCUT2D eigenvalue weighted by Gasteiger charge is 1.87. The molecule has 0 aromatic carbocycles. The molecule has 0 aliphatic heterocycles. The molecule has 0 rings (SSSR count). The average molecular weight is 141 g/mol. The molecule has 0 aliphatic carbocycles. The summed E-state index contributed by atoms with van der Waals surface area (Å²) in [6.45, 7) is 8.24. The van der Waals surface area contributed by atoms with Crippen LogP contribution in [0.2, 0.25) is 0 Å². The molecule has 0 aliphatic rings. The van der Waals surface area contributed by atoms with Gasteiger partial charge in [-0.25, -0.2) is 4.58 Å². The molecular weight excluding hydrogens is 124 g/mol. The van der Waals surface area contributed by atoms with Crippen LogP contribution in [0.15, 0.2) is 12.4 Å². The molecule has 0 amide bonds. The molecule has 0 spiro atoms. The molecule has 0 aromatic heterocycles. The molecule has 58 valence electrons. The number of nitrogens with one attached hydrogen (secondary N) is 1. The van der Waals surface area contributed by atoms with Gasteiger partial charge >= 0.3 is 0 Å². The van der Waals surface area contributed by atoms with E-state index < -0.39 is 0 Å². The van der Waals surface area contributed by atoms with Crippen LogP contribution in [0.1, 0.15) is 20.8 Å². The summed E-state index contributed by atoms with van der Waals surface area (Å²) in [5.74, 6) is 0. The van der Waals surface area contributed by atoms with E-state index in [1.165, 1.54) is 0 Å².